The molecule has 2 rings (SSSR count). The molecule has 1 aromatic carbocycles. The lowest BCUT2D eigenvalue weighted by atomic mass is 10.00. The maximum absolute atomic E-state index is 12.2. The molecule has 0 saturated heterocycles. The first-order valence-electron chi connectivity index (χ1n) is 6.32. The monoisotopic (exact) mass is 283 g/mol. The van der Waals surface area contributed by atoms with E-state index in [1.165, 1.54) is 24.6 Å². The Hall–Kier alpha value is -0.670. The molecule has 2 nitrogen and oxygen atoms in total. The van der Waals surface area contributed by atoms with Crippen molar-refractivity contribution in [3.8, 4) is 0 Å². The van der Waals surface area contributed by atoms with Crippen LogP contribution in [0.1, 0.15) is 25.7 Å². The van der Waals surface area contributed by atoms with Crippen LogP contribution in [0, 0.1) is 0 Å². The van der Waals surface area contributed by atoms with Crippen LogP contribution >= 0.6 is 23.4 Å². The lowest BCUT2D eigenvalue weighted by Crippen LogP contribution is -2.29. The van der Waals surface area contributed by atoms with Crippen molar-refractivity contribution < 1.29 is 4.79 Å². The van der Waals surface area contributed by atoms with E-state index in [4.69, 9.17) is 11.6 Å². The van der Waals surface area contributed by atoms with Gasteiger partial charge in [0, 0.05) is 23.4 Å². The average molecular weight is 284 g/mol. The Kier molecular flexibility index (Phi) is 4.95. The quantitative estimate of drug-likeness (QED) is 0.744. The molecule has 0 N–H and O–H groups in total. The summed E-state index contributed by atoms with van der Waals surface area (Å²) in [6.07, 6.45) is 4.45. The van der Waals surface area contributed by atoms with Gasteiger partial charge in [-0.25, -0.2) is 0 Å². The van der Waals surface area contributed by atoms with Crippen molar-refractivity contribution in [3.05, 3.63) is 30.3 Å². The number of anilines is 1. The van der Waals surface area contributed by atoms with Crippen LogP contribution in [0.2, 0.25) is 0 Å². The number of para-hydroxylation sites is 1. The molecule has 0 bridgehead atoms. The number of alkyl halides is 1. The zero-order valence-corrected chi connectivity index (χ0v) is 12.1. The number of hydrogen-bond donors (Lipinski definition) is 0. The lowest BCUT2D eigenvalue weighted by molar-refractivity contribution is 0.266. The van der Waals surface area contributed by atoms with Crippen LogP contribution in [0.3, 0.4) is 0 Å². The summed E-state index contributed by atoms with van der Waals surface area (Å²) in [5.74, 6) is 0. The highest BCUT2D eigenvalue weighted by molar-refractivity contribution is 8.14. The summed E-state index contributed by atoms with van der Waals surface area (Å²) in [4.78, 5) is 13.9. The number of benzene rings is 1. The first-order valence-corrected chi connectivity index (χ1v) is 7.63. The molecule has 1 fully saturated rings. The van der Waals surface area contributed by atoms with Crippen LogP contribution < -0.4 is 4.90 Å². The van der Waals surface area contributed by atoms with Gasteiger partial charge in [-0.3, -0.25) is 4.79 Å². The second-order valence-corrected chi connectivity index (χ2v) is 6.37. The first-order chi connectivity index (χ1) is 8.68. The Morgan fingerprint density at radius 1 is 1.28 bits per heavy atom. The molecule has 0 spiro atoms. The Bertz CT molecular complexity index is 398. The Labute approximate surface area is 118 Å². The van der Waals surface area contributed by atoms with Gasteiger partial charge in [-0.05, 0) is 25.0 Å². The molecular weight excluding hydrogens is 266 g/mol. The Balaban J connectivity index is 1.95. The average Bonchev–Trinajstić information content (AvgIpc) is 2.41. The first kappa shape index (κ1) is 13.8. The molecule has 1 saturated carbocycles. The van der Waals surface area contributed by atoms with E-state index in [-0.39, 0.29) is 15.9 Å². The molecule has 98 valence electrons. The largest absolute Gasteiger partial charge is 0.306 e. The van der Waals surface area contributed by atoms with Crippen molar-refractivity contribution in [2.75, 3.05) is 11.9 Å². The Morgan fingerprint density at radius 3 is 2.61 bits per heavy atom. The van der Waals surface area contributed by atoms with Crippen molar-refractivity contribution in [1.29, 1.82) is 0 Å². The predicted molar refractivity (Wildman–Crippen MR) is 79.7 cm³/mol. The number of rotatable bonds is 2. The highest BCUT2D eigenvalue weighted by Crippen LogP contribution is 2.34. The van der Waals surface area contributed by atoms with Crippen molar-refractivity contribution in [2.45, 2.75) is 36.3 Å². The summed E-state index contributed by atoms with van der Waals surface area (Å²) < 4.78 is 0. The van der Waals surface area contributed by atoms with Crippen LogP contribution in [-0.2, 0) is 0 Å². The van der Waals surface area contributed by atoms with Gasteiger partial charge < -0.3 is 4.90 Å². The van der Waals surface area contributed by atoms with E-state index >= 15 is 0 Å². The summed E-state index contributed by atoms with van der Waals surface area (Å²) >= 11 is 7.67. The van der Waals surface area contributed by atoms with E-state index in [9.17, 15) is 4.79 Å². The minimum atomic E-state index is 0.0822. The van der Waals surface area contributed by atoms with Crippen LogP contribution in [0.5, 0.6) is 0 Å². The van der Waals surface area contributed by atoms with E-state index < -0.39 is 0 Å². The van der Waals surface area contributed by atoms with Gasteiger partial charge in [0.15, 0.2) is 0 Å². The smallest absolute Gasteiger partial charge is 0.286 e. The number of carbonyl (C=O) groups excluding carboxylic acids is 1. The van der Waals surface area contributed by atoms with E-state index in [2.05, 4.69) is 0 Å². The van der Waals surface area contributed by atoms with Gasteiger partial charge in [0.05, 0.1) is 0 Å². The number of nitrogens with zero attached hydrogens (tertiary/aromatic N) is 1. The van der Waals surface area contributed by atoms with E-state index in [1.807, 2.05) is 37.4 Å². The van der Waals surface area contributed by atoms with Crippen LogP contribution in [0.15, 0.2) is 30.3 Å². The molecule has 0 aliphatic heterocycles. The van der Waals surface area contributed by atoms with Gasteiger partial charge in [0.25, 0.3) is 5.24 Å². The van der Waals surface area contributed by atoms with Crippen LogP contribution in [-0.4, -0.2) is 22.9 Å². The molecule has 0 aromatic heterocycles. The summed E-state index contributed by atoms with van der Waals surface area (Å²) in [6.45, 7) is 0. The second-order valence-electron chi connectivity index (χ2n) is 4.62. The molecule has 2 atom stereocenters. The van der Waals surface area contributed by atoms with Crippen molar-refractivity contribution in [3.63, 3.8) is 0 Å². The summed E-state index contributed by atoms with van der Waals surface area (Å²) in [5, 5.41) is 0.481. The molecule has 1 aliphatic carbocycles. The maximum atomic E-state index is 12.2. The lowest BCUT2D eigenvalue weighted by Gasteiger charge is -2.27. The highest BCUT2D eigenvalue weighted by atomic mass is 35.5. The van der Waals surface area contributed by atoms with Gasteiger partial charge in [-0.15, -0.1) is 11.6 Å². The minimum Gasteiger partial charge on any atom is -0.306 e. The fraction of sp³-hybridized carbons (Fsp3) is 0.500. The number of carbonyl (C=O) groups is 1. The van der Waals surface area contributed by atoms with Gasteiger partial charge in [0.1, 0.15) is 0 Å². The molecule has 1 aromatic rings. The number of amides is 1. The standard InChI is InChI=1S/C14H18ClNOS/c1-16(11-7-3-2-4-8-11)14(17)18-13-10-6-5-9-12(13)15/h2-4,7-8,12-13H,5-6,9-10H2,1H3/t12-,13-/m1/s1. The second kappa shape index (κ2) is 6.48. The van der Waals surface area contributed by atoms with Crippen molar-refractivity contribution in [1.82, 2.24) is 0 Å². The van der Waals surface area contributed by atoms with E-state index in [0.717, 1.165) is 18.5 Å². The fourth-order valence-corrected chi connectivity index (χ4v) is 3.68. The number of hydrogen-bond acceptors (Lipinski definition) is 2. The summed E-state index contributed by atoms with van der Waals surface area (Å²) in [6, 6.07) is 9.71. The van der Waals surface area contributed by atoms with Gasteiger partial charge in [-0.1, -0.05) is 42.8 Å². The van der Waals surface area contributed by atoms with Gasteiger partial charge >= 0.3 is 0 Å². The fourth-order valence-electron chi connectivity index (χ4n) is 2.15. The molecule has 4 heteroatoms. The zero-order chi connectivity index (χ0) is 13.0. The molecule has 1 amide bonds. The molecule has 18 heavy (non-hydrogen) atoms. The molecule has 0 radical (unpaired) electrons. The van der Waals surface area contributed by atoms with Gasteiger partial charge in [-0.2, -0.15) is 0 Å². The predicted octanol–water partition coefficient (Wildman–Crippen LogP) is 4.53. The third-order valence-corrected chi connectivity index (χ3v) is 5.31. The van der Waals surface area contributed by atoms with Gasteiger partial charge in [0.2, 0.25) is 0 Å². The topological polar surface area (TPSA) is 20.3 Å². The summed E-state index contributed by atoms with van der Waals surface area (Å²) in [5.41, 5.74) is 0.928. The zero-order valence-electron chi connectivity index (χ0n) is 10.5. The normalized spacial score (nSPS) is 23.7. The molecule has 0 heterocycles. The van der Waals surface area contributed by atoms with E-state index in [0.29, 0.717) is 0 Å². The number of halogens is 1. The van der Waals surface area contributed by atoms with E-state index in [1.54, 1.807) is 4.90 Å². The summed E-state index contributed by atoms with van der Waals surface area (Å²) in [7, 11) is 1.82. The van der Waals surface area contributed by atoms with Crippen molar-refractivity contribution in [2.24, 2.45) is 0 Å². The third kappa shape index (κ3) is 3.42. The molecule has 0 unspecified atom stereocenters. The minimum absolute atomic E-state index is 0.0822. The third-order valence-electron chi connectivity index (χ3n) is 3.29. The van der Waals surface area contributed by atoms with Crippen LogP contribution in [0.25, 0.3) is 0 Å². The van der Waals surface area contributed by atoms with Crippen molar-refractivity contribution >= 4 is 34.3 Å². The molecular formula is C14H18ClNOS. The maximum Gasteiger partial charge on any atom is 0.286 e. The Morgan fingerprint density at radius 2 is 1.94 bits per heavy atom. The molecule has 1 aliphatic rings. The van der Waals surface area contributed by atoms with Crippen LogP contribution in [0.4, 0.5) is 10.5 Å². The number of thioether (sulfide) groups is 1. The SMILES string of the molecule is CN(C(=O)S[C@@H]1CCCC[C@H]1Cl)c1ccccc1. The highest BCUT2D eigenvalue weighted by Gasteiger charge is 2.27.